The molecule has 0 aliphatic carbocycles. The van der Waals surface area contributed by atoms with E-state index < -0.39 is 6.10 Å². The van der Waals surface area contributed by atoms with Gasteiger partial charge in [0.25, 0.3) is 5.91 Å². The van der Waals surface area contributed by atoms with Crippen LogP contribution < -0.4 is 5.32 Å². The molecule has 5 nitrogen and oxygen atoms in total. The number of benzene rings is 1. The summed E-state index contributed by atoms with van der Waals surface area (Å²) in [5, 5.41) is 16.5. The van der Waals surface area contributed by atoms with Crippen LogP contribution in [0.4, 0.5) is 5.69 Å². The number of aromatic nitrogens is 2. The largest absolute Gasteiger partial charge is 0.389 e. The van der Waals surface area contributed by atoms with Crippen LogP contribution in [0.1, 0.15) is 47.3 Å². The van der Waals surface area contributed by atoms with E-state index in [0.717, 1.165) is 30.1 Å². The molecule has 0 aliphatic rings. The van der Waals surface area contributed by atoms with Crippen LogP contribution in [-0.2, 0) is 6.42 Å². The third-order valence-electron chi connectivity index (χ3n) is 2.91. The van der Waals surface area contributed by atoms with E-state index in [1.807, 2.05) is 19.1 Å². The molecule has 1 aromatic carbocycles. The van der Waals surface area contributed by atoms with Crippen LogP contribution >= 0.6 is 11.5 Å². The van der Waals surface area contributed by atoms with Gasteiger partial charge in [-0.1, -0.05) is 36.0 Å². The lowest BCUT2D eigenvalue weighted by Gasteiger charge is -2.12. The second kappa shape index (κ2) is 6.58. The van der Waals surface area contributed by atoms with Crippen molar-refractivity contribution in [3.8, 4) is 0 Å². The van der Waals surface area contributed by atoms with E-state index in [1.165, 1.54) is 0 Å². The van der Waals surface area contributed by atoms with Crippen LogP contribution in [0, 0.1) is 0 Å². The van der Waals surface area contributed by atoms with Crippen molar-refractivity contribution in [2.75, 3.05) is 5.32 Å². The zero-order valence-electron chi connectivity index (χ0n) is 11.5. The minimum atomic E-state index is -0.638. The van der Waals surface area contributed by atoms with Gasteiger partial charge >= 0.3 is 0 Å². The number of rotatable bonds is 5. The highest BCUT2D eigenvalue weighted by Crippen LogP contribution is 2.23. The second-order valence-electron chi connectivity index (χ2n) is 4.52. The van der Waals surface area contributed by atoms with Crippen molar-refractivity contribution in [2.45, 2.75) is 32.8 Å². The fourth-order valence-corrected chi connectivity index (χ4v) is 2.54. The Balaban J connectivity index is 2.22. The Bertz CT molecular complexity index is 596. The maximum absolute atomic E-state index is 12.3. The van der Waals surface area contributed by atoms with Crippen LogP contribution in [0.15, 0.2) is 24.3 Å². The Labute approximate surface area is 121 Å². The van der Waals surface area contributed by atoms with Crippen LogP contribution in [0.3, 0.4) is 0 Å². The molecule has 106 valence electrons. The molecule has 1 atom stereocenters. The second-order valence-corrected chi connectivity index (χ2v) is 5.27. The fourth-order valence-electron chi connectivity index (χ4n) is 1.94. The first-order valence-electron chi connectivity index (χ1n) is 6.53. The molecule has 0 bridgehead atoms. The van der Waals surface area contributed by atoms with Crippen molar-refractivity contribution in [1.29, 1.82) is 0 Å². The average molecular weight is 291 g/mol. The zero-order valence-corrected chi connectivity index (χ0v) is 12.3. The minimum absolute atomic E-state index is 0.225. The topological polar surface area (TPSA) is 75.1 Å². The van der Waals surface area contributed by atoms with Gasteiger partial charge in [-0.05, 0) is 30.9 Å². The lowest BCUT2D eigenvalue weighted by Crippen LogP contribution is -2.14. The third kappa shape index (κ3) is 3.20. The van der Waals surface area contributed by atoms with Crippen LogP contribution in [-0.4, -0.2) is 20.6 Å². The summed E-state index contributed by atoms with van der Waals surface area (Å²) in [6.45, 7) is 3.70. The SMILES string of the molecule is CCCc1nnsc1C(=O)Nc1ccccc1C(C)O. The van der Waals surface area contributed by atoms with Crippen molar-refractivity contribution in [2.24, 2.45) is 0 Å². The molecule has 0 aliphatic heterocycles. The van der Waals surface area contributed by atoms with Gasteiger partial charge in [0.05, 0.1) is 11.8 Å². The molecule has 20 heavy (non-hydrogen) atoms. The predicted molar refractivity (Wildman–Crippen MR) is 78.9 cm³/mol. The molecule has 0 fully saturated rings. The van der Waals surface area contributed by atoms with Crippen LogP contribution in [0.25, 0.3) is 0 Å². The van der Waals surface area contributed by atoms with Gasteiger partial charge in [0.1, 0.15) is 4.88 Å². The summed E-state index contributed by atoms with van der Waals surface area (Å²) in [6, 6.07) is 7.21. The number of nitrogens with one attached hydrogen (secondary N) is 1. The van der Waals surface area contributed by atoms with Crippen LogP contribution in [0.5, 0.6) is 0 Å². The Morgan fingerprint density at radius 3 is 2.90 bits per heavy atom. The number of carbonyl (C=O) groups is 1. The normalized spacial score (nSPS) is 12.2. The van der Waals surface area contributed by atoms with E-state index in [-0.39, 0.29) is 5.91 Å². The number of aliphatic hydroxyl groups excluding tert-OH is 1. The van der Waals surface area contributed by atoms with Gasteiger partial charge in [-0.3, -0.25) is 4.79 Å². The maximum Gasteiger partial charge on any atom is 0.269 e. The van der Waals surface area contributed by atoms with E-state index in [0.29, 0.717) is 16.1 Å². The quantitative estimate of drug-likeness (QED) is 0.888. The third-order valence-corrected chi connectivity index (χ3v) is 3.67. The molecule has 1 unspecified atom stereocenters. The first kappa shape index (κ1) is 14.6. The Kier molecular flexibility index (Phi) is 4.81. The summed E-state index contributed by atoms with van der Waals surface area (Å²) in [6.07, 6.45) is 1.01. The molecule has 6 heteroatoms. The van der Waals surface area contributed by atoms with Crippen molar-refractivity contribution < 1.29 is 9.90 Å². The lowest BCUT2D eigenvalue weighted by atomic mass is 10.1. The number of aliphatic hydroxyl groups is 1. The number of aryl methyl sites for hydroxylation is 1. The summed E-state index contributed by atoms with van der Waals surface area (Å²) in [5.41, 5.74) is 2.03. The molecule has 2 N–H and O–H groups in total. The molecule has 2 aromatic rings. The van der Waals surface area contributed by atoms with Crippen molar-refractivity contribution >= 4 is 23.1 Å². The highest BCUT2D eigenvalue weighted by atomic mass is 32.1. The number of anilines is 1. The van der Waals surface area contributed by atoms with Gasteiger partial charge in [-0.25, -0.2) is 0 Å². The number of hydrogen-bond donors (Lipinski definition) is 2. The molecule has 0 saturated heterocycles. The summed E-state index contributed by atoms with van der Waals surface area (Å²) in [7, 11) is 0. The molecule has 2 rings (SSSR count). The molecule has 0 saturated carbocycles. The van der Waals surface area contributed by atoms with Gasteiger partial charge in [0.15, 0.2) is 0 Å². The first-order valence-corrected chi connectivity index (χ1v) is 7.30. The molecule has 0 radical (unpaired) electrons. The predicted octanol–water partition coefficient (Wildman–Crippen LogP) is 2.80. The Morgan fingerprint density at radius 2 is 2.20 bits per heavy atom. The first-order chi connectivity index (χ1) is 9.63. The number of hydrogen-bond acceptors (Lipinski definition) is 5. The van der Waals surface area contributed by atoms with Gasteiger partial charge < -0.3 is 10.4 Å². The Hall–Kier alpha value is -1.79. The smallest absolute Gasteiger partial charge is 0.269 e. The standard InChI is InChI=1S/C14H17N3O2S/c1-3-6-12-13(20-17-16-12)14(19)15-11-8-5-4-7-10(11)9(2)18/h4-5,7-9,18H,3,6H2,1-2H3,(H,15,19). The van der Waals surface area contributed by atoms with E-state index in [1.54, 1.807) is 19.1 Å². The van der Waals surface area contributed by atoms with Crippen molar-refractivity contribution in [3.05, 3.63) is 40.4 Å². The summed E-state index contributed by atoms with van der Waals surface area (Å²) in [4.78, 5) is 12.8. The maximum atomic E-state index is 12.3. The molecule has 0 spiro atoms. The van der Waals surface area contributed by atoms with Gasteiger partial charge in [-0.15, -0.1) is 5.10 Å². The summed E-state index contributed by atoms with van der Waals surface area (Å²) in [5.74, 6) is -0.225. The molecule has 1 aromatic heterocycles. The molecule has 1 heterocycles. The number of amides is 1. The summed E-state index contributed by atoms with van der Waals surface area (Å²) < 4.78 is 3.84. The highest BCUT2D eigenvalue weighted by molar-refractivity contribution is 7.08. The number of carbonyl (C=O) groups excluding carboxylic acids is 1. The molecular weight excluding hydrogens is 274 g/mol. The molecular formula is C14H17N3O2S. The monoisotopic (exact) mass is 291 g/mol. The number of para-hydroxylation sites is 1. The average Bonchev–Trinajstić information content (AvgIpc) is 2.88. The van der Waals surface area contributed by atoms with Crippen LogP contribution in [0.2, 0.25) is 0 Å². The fraction of sp³-hybridized carbons (Fsp3) is 0.357. The van der Waals surface area contributed by atoms with Gasteiger partial charge in [-0.2, -0.15) is 0 Å². The Morgan fingerprint density at radius 1 is 1.45 bits per heavy atom. The van der Waals surface area contributed by atoms with Crippen molar-refractivity contribution in [3.63, 3.8) is 0 Å². The lowest BCUT2D eigenvalue weighted by molar-refractivity contribution is 0.102. The number of nitrogens with zero attached hydrogens (tertiary/aromatic N) is 2. The van der Waals surface area contributed by atoms with E-state index in [4.69, 9.17) is 0 Å². The zero-order chi connectivity index (χ0) is 14.5. The minimum Gasteiger partial charge on any atom is -0.389 e. The van der Waals surface area contributed by atoms with Crippen molar-refractivity contribution in [1.82, 2.24) is 9.59 Å². The van der Waals surface area contributed by atoms with E-state index in [9.17, 15) is 9.90 Å². The van der Waals surface area contributed by atoms with Gasteiger partial charge in [0, 0.05) is 11.3 Å². The van der Waals surface area contributed by atoms with E-state index >= 15 is 0 Å². The highest BCUT2D eigenvalue weighted by Gasteiger charge is 2.17. The molecule has 1 amide bonds. The van der Waals surface area contributed by atoms with Gasteiger partial charge in [0.2, 0.25) is 0 Å². The van der Waals surface area contributed by atoms with E-state index in [2.05, 4.69) is 14.9 Å². The summed E-state index contributed by atoms with van der Waals surface area (Å²) >= 11 is 1.10.